The van der Waals surface area contributed by atoms with Gasteiger partial charge in [0.1, 0.15) is 6.04 Å². The quantitative estimate of drug-likeness (QED) is 0.728. The van der Waals surface area contributed by atoms with Crippen molar-refractivity contribution in [2.24, 2.45) is 5.73 Å². The van der Waals surface area contributed by atoms with Crippen LogP contribution in [0.3, 0.4) is 0 Å². The summed E-state index contributed by atoms with van der Waals surface area (Å²) in [5.74, 6) is -0.878. The topological polar surface area (TPSA) is 72.2 Å². The van der Waals surface area contributed by atoms with Crippen LogP contribution in [0.15, 0.2) is 36.4 Å². The van der Waals surface area contributed by atoms with Gasteiger partial charge in [0, 0.05) is 21.5 Å². The summed E-state index contributed by atoms with van der Waals surface area (Å²) in [4.78, 5) is 24.9. The van der Waals surface area contributed by atoms with Gasteiger partial charge in [-0.15, -0.1) is 0 Å². The van der Waals surface area contributed by atoms with Gasteiger partial charge in [0.25, 0.3) is 0 Å². The number of amides is 2. The number of nitrogens with one attached hydrogen (secondary N) is 1. The molecule has 4 nitrogen and oxygen atoms in total. The molecule has 0 aliphatic heterocycles. The third kappa shape index (κ3) is 4.23. The highest BCUT2D eigenvalue weighted by Crippen LogP contribution is 2.51. The molecule has 2 amide bonds. The first-order chi connectivity index (χ1) is 12.7. The predicted molar refractivity (Wildman–Crippen MR) is 108 cm³/mol. The molecule has 0 saturated heterocycles. The fourth-order valence-electron chi connectivity index (χ4n) is 3.18. The van der Waals surface area contributed by atoms with Crippen molar-refractivity contribution in [3.8, 4) is 0 Å². The first-order valence-electron chi connectivity index (χ1n) is 8.54. The highest BCUT2D eigenvalue weighted by atomic mass is 35.5. The minimum atomic E-state index is -0.860. The van der Waals surface area contributed by atoms with Crippen LogP contribution < -0.4 is 11.1 Å². The van der Waals surface area contributed by atoms with Crippen molar-refractivity contribution < 1.29 is 9.59 Å². The van der Waals surface area contributed by atoms with Crippen LogP contribution in [0.25, 0.3) is 0 Å². The van der Waals surface area contributed by atoms with Crippen molar-refractivity contribution >= 4 is 46.6 Å². The Morgan fingerprint density at radius 1 is 1.11 bits per heavy atom. The van der Waals surface area contributed by atoms with E-state index in [1.54, 1.807) is 18.2 Å². The van der Waals surface area contributed by atoms with Crippen LogP contribution >= 0.6 is 34.8 Å². The smallest absolute Gasteiger partial charge is 0.240 e. The van der Waals surface area contributed by atoms with Gasteiger partial charge in [-0.25, -0.2) is 0 Å². The Labute approximate surface area is 173 Å². The lowest BCUT2D eigenvalue weighted by molar-refractivity contribution is -0.128. The summed E-state index contributed by atoms with van der Waals surface area (Å²) >= 11 is 18.5. The maximum atomic E-state index is 13.0. The molecule has 2 aromatic carbocycles. The van der Waals surface area contributed by atoms with E-state index in [2.05, 4.69) is 5.32 Å². The van der Waals surface area contributed by atoms with E-state index in [9.17, 15) is 9.59 Å². The second kappa shape index (κ2) is 7.70. The lowest BCUT2D eigenvalue weighted by Gasteiger charge is -2.22. The zero-order chi connectivity index (χ0) is 19.8. The van der Waals surface area contributed by atoms with Gasteiger partial charge in [0.2, 0.25) is 11.8 Å². The largest absolute Gasteiger partial charge is 0.368 e. The van der Waals surface area contributed by atoms with E-state index in [1.807, 2.05) is 25.1 Å². The molecule has 1 fully saturated rings. The third-order valence-corrected chi connectivity index (χ3v) is 5.81. The summed E-state index contributed by atoms with van der Waals surface area (Å²) < 4.78 is 0. The van der Waals surface area contributed by atoms with Crippen LogP contribution in [0.1, 0.15) is 29.5 Å². The molecule has 3 N–H and O–H groups in total. The number of hydrogen-bond acceptors (Lipinski definition) is 2. The van der Waals surface area contributed by atoms with Gasteiger partial charge in [-0.2, -0.15) is 0 Å². The summed E-state index contributed by atoms with van der Waals surface area (Å²) in [5, 5.41) is 4.27. The fraction of sp³-hybridized carbons (Fsp3) is 0.300. The first kappa shape index (κ1) is 20.0. The molecule has 27 heavy (non-hydrogen) atoms. The molecule has 2 aromatic rings. The summed E-state index contributed by atoms with van der Waals surface area (Å²) in [6, 6.07) is 9.76. The lowest BCUT2D eigenvalue weighted by atomic mass is 9.94. The maximum absolute atomic E-state index is 13.0. The van der Waals surface area contributed by atoms with Gasteiger partial charge in [-0.1, -0.05) is 53.0 Å². The number of hydrogen-bond donors (Lipinski definition) is 2. The van der Waals surface area contributed by atoms with Crippen LogP contribution in [0, 0.1) is 6.92 Å². The summed E-state index contributed by atoms with van der Waals surface area (Å²) in [6.07, 6.45) is 1.53. The average Bonchev–Trinajstić information content (AvgIpc) is 3.37. The second-order valence-corrected chi connectivity index (χ2v) is 8.18. The monoisotopic (exact) mass is 424 g/mol. The van der Waals surface area contributed by atoms with Crippen LogP contribution in [-0.4, -0.2) is 17.9 Å². The highest BCUT2D eigenvalue weighted by Gasteiger charge is 2.52. The van der Waals surface area contributed by atoms with Gasteiger partial charge in [-0.05, 0) is 54.7 Å². The molecular weight excluding hydrogens is 407 g/mol. The Kier molecular flexibility index (Phi) is 5.71. The average molecular weight is 426 g/mol. The molecule has 0 aromatic heterocycles. The zero-order valence-electron chi connectivity index (χ0n) is 14.7. The lowest BCUT2D eigenvalue weighted by Crippen LogP contribution is -2.49. The number of primary amides is 1. The molecule has 1 atom stereocenters. The number of benzene rings is 2. The molecule has 0 radical (unpaired) electrons. The van der Waals surface area contributed by atoms with E-state index < -0.39 is 17.4 Å². The standard InChI is InChI=1S/C20H19Cl3N2O2/c1-11-2-3-12(15(22)8-11)9-17(18(24)26)25-19(27)20(6-7-20)14-5-4-13(21)10-16(14)23/h2-5,8,10,17H,6-7,9H2,1H3,(H2,24,26)(H,25,27). The van der Waals surface area contributed by atoms with Crippen LogP contribution in [0.4, 0.5) is 0 Å². The zero-order valence-corrected chi connectivity index (χ0v) is 17.0. The van der Waals surface area contributed by atoms with Crippen molar-refractivity contribution in [2.75, 3.05) is 0 Å². The highest BCUT2D eigenvalue weighted by molar-refractivity contribution is 6.35. The number of rotatable bonds is 6. The Bertz CT molecular complexity index is 910. The molecule has 3 rings (SSSR count). The minimum Gasteiger partial charge on any atom is -0.368 e. The molecule has 1 unspecified atom stereocenters. The second-order valence-electron chi connectivity index (χ2n) is 6.93. The summed E-state index contributed by atoms with van der Waals surface area (Å²) in [6.45, 7) is 1.93. The number of nitrogens with two attached hydrogens (primary N) is 1. The molecule has 1 aliphatic carbocycles. The van der Waals surface area contributed by atoms with Crippen molar-refractivity contribution in [1.82, 2.24) is 5.32 Å². The SMILES string of the molecule is Cc1ccc(CC(NC(=O)C2(c3ccc(Cl)cc3Cl)CC2)C(N)=O)c(Cl)c1. The first-order valence-corrected chi connectivity index (χ1v) is 9.67. The molecule has 7 heteroatoms. The van der Waals surface area contributed by atoms with E-state index in [4.69, 9.17) is 40.5 Å². The van der Waals surface area contributed by atoms with Crippen molar-refractivity contribution in [3.05, 3.63) is 68.2 Å². The number of carbonyl (C=O) groups excluding carboxylic acids is 2. The Hall–Kier alpha value is -1.75. The van der Waals surface area contributed by atoms with E-state index in [-0.39, 0.29) is 12.3 Å². The summed E-state index contributed by atoms with van der Waals surface area (Å²) in [5.41, 5.74) is 7.25. The van der Waals surface area contributed by atoms with Gasteiger partial charge < -0.3 is 11.1 Å². The third-order valence-electron chi connectivity index (χ3n) is 4.91. The van der Waals surface area contributed by atoms with Crippen molar-refractivity contribution in [3.63, 3.8) is 0 Å². The Morgan fingerprint density at radius 2 is 1.81 bits per heavy atom. The molecular formula is C20H19Cl3N2O2. The van der Waals surface area contributed by atoms with E-state index in [1.165, 1.54) is 0 Å². The normalized spacial score (nSPS) is 15.9. The number of carbonyl (C=O) groups is 2. The Morgan fingerprint density at radius 3 is 2.37 bits per heavy atom. The van der Waals surface area contributed by atoms with E-state index in [0.29, 0.717) is 33.5 Å². The van der Waals surface area contributed by atoms with Crippen LogP contribution in [0.2, 0.25) is 15.1 Å². The molecule has 0 spiro atoms. The molecule has 1 saturated carbocycles. The minimum absolute atomic E-state index is 0.227. The van der Waals surface area contributed by atoms with E-state index >= 15 is 0 Å². The number of halogens is 3. The molecule has 1 aliphatic rings. The van der Waals surface area contributed by atoms with Gasteiger partial charge in [0.15, 0.2) is 0 Å². The van der Waals surface area contributed by atoms with Crippen molar-refractivity contribution in [2.45, 2.75) is 37.6 Å². The maximum Gasteiger partial charge on any atom is 0.240 e. The van der Waals surface area contributed by atoms with Gasteiger partial charge >= 0.3 is 0 Å². The molecule has 142 valence electrons. The molecule has 0 bridgehead atoms. The van der Waals surface area contributed by atoms with E-state index in [0.717, 1.165) is 11.1 Å². The fourth-order valence-corrected chi connectivity index (χ4v) is 4.08. The van der Waals surface area contributed by atoms with Gasteiger partial charge in [0.05, 0.1) is 5.41 Å². The molecule has 0 heterocycles. The van der Waals surface area contributed by atoms with Gasteiger partial charge in [-0.3, -0.25) is 9.59 Å². The Balaban J connectivity index is 1.80. The number of aryl methyl sites for hydroxylation is 1. The van der Waals surface area contributed by atoms with Crippen molar-refractivity contribution in [1.29, 1.82) is 0 Å². The summed E-state index contributed by atoms with van der Waals surface area (Å²) in [7, 11) is 0. The van der Waals surface area contributed by atoms with Crippen LogP contribution in [0.5, 0.6) is 0 Å². The predicted octanol–water partition coefficient (Wildman–Crippen LogP) is 4.20. The van der Waals surface area contributed by atoms with Crippen LogP contribution in [-0.2, 0) is 21.4 Å².